The van der Waals surface area contributed by atoms with Crippen molar-refractivity contribution >= 4 is 11.6 Å². The molecule has 134 valence electrons. The zero-order valence-electron chi connectivity index (χ0n) is 13.4. The normalized spacial score (nSPS) is 16.5. The van der Waals surface area contributed by atoms with Crippen LogP contribution in [0.5, 0.6) is 5.75 Å². The number of ether oxygens (including phenoxy) is 1. The summed E-state index contributed by atoms with van der Waals surface area (Å²) in [6, 6.07) is 6.70. The van der Waals surface area contributed by atoms with Crippen molar-refractivity contribution in [1.29, 1.82) is 5.26 Å². The Labute approximate surface area is 146 Å². The van der Waals surface area contributed by atoms with E-state index in [1.807, 2.05) is 6.07 Å². The Morgan fingerprint density at radius 3 is 2.81 bits per heavy atom. The van der Waals surface area contributed by atoms with Gasteiger partial charge in [0.1, 0.15) is 17.6 Å². The lowest BCUT2D eigenvalue weighted by atomic mass is 10.0. The van der Waals surface area contributed by atoms with Gasteiger partial charge in [-0.15, -0.1) is 0 Å². The van der Waals surface area contributed by atoms with E-state index < -0.39 is 35.2 Å². The molecule has 0 spiro atoms. The number of nitrogens with zero attached hydrogens (tertiary/aromatic N) is 3. The third kappa shape index (κ3) is 2.95. The minimum atomic E-state index is -4.23. The van der Waals surface area contributed by atoms with Gasteiger partial charge in [0.15, 0.2) is 5.75 Å². The minimum Gasteiger partial charge on any atom is -0.422 e. The number of alkyl halides is 2. The van der Waals surface area contributed by atoms with Crippen molar-refractivity contribution in [2.75, 3.05) is 4.90 Å². The number of anilines is 1. The average Bonchev–Trinajstić information content (AvgIpc) is 2.58. The number of amides is 1. The van der Waals surface area contributed by atoms with Gasteiger partial charge in [-0.2, -0.15) is 14.0 Å². The van der Waals surface area contributed by atoms with Gasteiger partial charge in [-0.05, 0) is 36.8 Å². The molecule has 3 rings (SSSR count). The lowest BCUT2D eigenvalue weighted by Gasteiger charge is -2.35. The third-order valence-corrected chi connectivity index (χ3v) is 3.83. The van der Waals surface area contributed by atoms with Crippen LogP contribution in [0.15, 0.2) is 30.5 Å². The molecule has 1 aromatic carbocycles. The van der Waals surface area contributed by atoms with Crippen LogP contribution in [0.4, 0.5) is 18.9 Å². The minimum absolute atomic E-state index is 0.0546. The number of carbonyl (C=O) groups excluding carboxylic acids is 1. The van der Waals surface area contributed by atoms with Crippen LogP contribution in [0.1, 0.15) is 29.8 Å². The lowest BCUT2D eigenvalue weighted by Crippen LogP contribution is -2.50. The van der Waals surface area contributed by atoms with E-state index in [1.165, 1.54) is 25.3 Å². The number of hydrogen-bond acceptors (Lipinski definition) is 5. The van der Waals surface area contributed by atoms with Crippen LogP contribution < -0.4 is 9.64 Å². The molecule has 1 aliphatic rings. The number of aliphatic hydroxyl groups is 1. The Hall–Kier alpha value is -3.12. The van der Waals surface area contributed by atoms with Gasteiger partial charge in [0, 0.05) is 6.20 Å². The number of carbonyl (C=O) groups is 1. The number of aromatic nitrogens is 1. The summed E-state index contributed by atoms with van der Waals surface area (Å²) in [5, 5.41) is 18.6. The molecule has 0 fully saturated rings. The number of halogens is 3. The first-order valence-electron chi connectivity index (χ1n) is 7.49. The number of rotatable bonds is 3. The molecule has 0 unspecified atom stereocenters. The monoisotopic (exact) mass is 363 g/mol. The summed E-state index contributed by atoms with van der Waals surface area (Å²) in [7, 11) is 0. The maximum Gasteiger partial charge on any atom is 0.483 e. The second-order valence-electron chi connectivity index (χ2n) is 5.66. The fraction of sp³-hybridized carbons (Fsp3) is 0.235. The molecule has 6 nitrogen and oxygen atoms in total. The van der Waals surface area contributed by atoms with Gasteiger partial charge in [-0.1, -0.05) is 0 Å². The van der Waals surface area contributed by atoms with Gasteiger partial charge < -0.3 is 9.84 Å². The molecular weight excluding hydrogens is 351 g/mol. The first-order valence-corrected chi connectivity index (χ1v) is 7.49. The average molecular weight is 363 g/mol. The van der Waals surface area contributed by atoms with Crippen LogP contribution in [0.25, 0.3) is 0 Å². The van der Waals surface area contributed by atoms with Crippen molar-refractivity contribution in [1.82, 2.24) is 4.98 Å². The zero-order valence-corrected chi connectivity index (χ0v) is 13.4. The van der Waals surface area contributed by atoms with Crippen molar-refractivity contribution in [3.8, 4) is 11.8 Å². The van der Waals surface area contributed by atoms with E-state index in [9.17, 15) is 23.1 Å². The van der Waals surface area contributed by atoms with Crippen molar-refractivity contribution in [2.45, 2.75) is 25.7 Å². The predicted molar refractivity (Wildman–Crippen MR) is 82.8 cm³/mol. The van der Waals surface area contributed by atoms with Gasteiger partial charge >= 0.3 is 12.0 Å². The number of benzene rings is 1. The van der Waals surface area contributed by atoms with E-state index in [0.717, 1.165) is 17.0 Å². The second kappa shape index (κ2) is 6.31. The fourth-order valence-corrected chi connectivity index (χ4v) is 2.68. The summed E-state index contributed by atoms with van der Waals surface area (Å²) in [6.45, 7) is 0.885. The highest BCUT2D eigenvalue weighted by Crippen LogP contribution is 2.45. The molecule has 2 heterocycles. The van der Waals surface area contributed by atoms with Gasteiger partial charge in [-0.3, -0.25) is 9.69 Å². The van der Waals surface area contributed by atoms with Crippen LogP contribution >= 0.6 is 0 Å². The zero-order chi connectivity index (χ0) is 19.1. The van der Waals surface area contributed by atoms with Crippen molar-refractivity contribution in [3.05, 3.63) is 53.1 Å². The molecule has 9 heteroatoms. The molecule has 0 bridgehead atoms. The van der Waals surface area contributed by atoms with Gasteiger partial charge in [-0.25, -0.2) is 9.37 Å². The summed E-state index contributed by atoms with van der Waals surface area (Å²) in [5.74, 6) is -3.16. The first-order chi connectivity index (χ1) is 12.2. The molecule has 1 amide bonds. The second-order valence-corrected chi connectivity index (χ2v) is 5.66. The van der Waals surface area contributed by atoms with Gasteiger partial charge in [0.2, 0.25) is 0 Å². The molecule has 26 heavy (non-hydrogen) atoms. The van der Waals surface area contributed by atoms with Crippen LogP contribution in [-0.4, -0.2) is 22.1 Å². The summed E-state index contributed by atoms with van der Waals surface area (Å²) >= 11 is 0. The molecule has 0 saturated heterocycles. The van der Waals surface area contributed by atoms with E-state index in [4.69, 9.17) is 5.26 Å². The molecule has 1 atom stereocenters. The maximum atomic E-state index is 14.1. The summed E-state index contributed by atoms with van der Waals surface area (Å²) in [5.41, 5.74) is -0.142. The van der Waals surface area contributed by atoms with Crippen LogP contribution in [0.3, 0.4) is 0 Å². The number of nitriles is 1. The number of aliphatic hydroxyl groups excluding tert-OH is 1. The summed E-state index contributed by atoms with van der Waals surface area (Å²) in [6.07, 6.45) is -4.35. The van der Waals surface area contributed by atoms with E-state index in [1.54, 1.807) is 0 Å². The lowest BCUT2D eigenvalue weighted by molar-refractivity contribution is -0.193. The SMILES string of the molecule is C[C@@H](O)c1c(F)ccc2c1OC(F)(F)C(=O)N2Cc1ccnc(C#N)c1. The fourth-order valence-electron chi connectivity index (χ4n) is 2.68. The molecule has 1 aromatic heterocycles. The van der Waals surface area contributed by atoms with Crippen molar-refractivity contribution < 1.29 is 27.8 Å². The molecular formula is C17H12F3N3O3. The van der Waals surface area contributed by atoms with E-state index in [0.29, 0.717) is 5.56 Å². The Morgan fingerprint density at radius 1 is 1.42 bits per heavy atom. The third-order valence-electron chi connectivity index (χ3n) is 3.83. The Morgan fingerprint density at radius 2 is 2.15 bits per heavy atom. The smallest absolute Gasteiger partial charge is 0.422 e. The Balaban J connectivity index is 2.12. The van der Waals surface area contributed by atoms with Crippen LogP contribution in [0.2, 0.25) is 0 Å². The highest BCUT2D eigenvalue weighted by atomic mass is 19.3. The number of pyridine rings is 1. The van der Waals surface area contributed by atoms with E-state index in [-0.39, 0.29) is 17.9 Å². The Kier molecular flexibility index (Phi) is 4.29. The summed E-state index contributed by atoms with van der Waals surface area (Å²) < 4.78 is 46.6. The molecule has 0 radical (unpaired) electrons. The largest absolute Gasteiger partial charge is 0.483 e. The van der Waals surface area contributed by atoms with E-state index >= 15 is 0 Å². The molecule has 1 aliphatic heterocycles. The number of fused-ring (bicyclic) bond motifs is 1. The highest BCUT2D eigenvalue weighted by Gasteiger charge is 2.51. The number of hydrogen-bond donors (Lipinski definition) is 1. The Bertz CT molecular complexity index is 925. The van der Waals surface area contributed by atoms with Crippen LogP contribution in [0, 0.1) is 17.1 Å². The first kappa shape index (κ1) is 17.7. The molecule has 0 aliphatic carbocycles. The topological polar surface area (TPSA) is 86.5 Å². The molecule has 1 N–H and O–H groups in total. The van der Waals surface area contributed by atoms with Gasteiger partial charge in [0.25, 0.3) is 0 Å². The van der Waals surface area contributed by atoms with Gasteiger partial charge in [0.05, 0.1) is 23.9 Å². The maximum absolute atomic E-state index is 14.1. The van der Waals surface area contributed by atoms with Crippen molar-refractivity contribution in [2.24, 2.45) is 0 Å². The summed E-state index contributed by atoms with van der Waals surface area (Å²) in [4.78, 5) is 16.6. The standard InChI is InChI=1S/C17H12F3N3O3/c1-9(24)14-12(18)2-3-13-15(14)26-17(19,20)16(25)23(13)8-10-4-5-22-11(6-10)7-21/h2-6,9,24H,8H2,1H3/t9-/m1/s1. The van der Waals surface area contributed by atoms with Crippen LogP contribution in [-0.2, 0) is 11.3 Å². The van der Waals surface area contributed by atoms with E-state index in [2.05, 4.69) is 9.72 Å². The molecule has 0 saturated carbocycles. The quantitative estimate of drug-likeness (QED) is 0.906. The highest BCUT2D eigenvalue weighted by molar-refractivity contribution is 6.01. The molecule has 2 aromatic rings. The van der Waals surface area contributed by atoms with Crippen molar-refractivity contribution in [3.63, 3.8) is 0 Å². The predicted octanol–water partition coefficient (Wildman–Crippen LogP) is 2.66.